The predicted molar refractivity (Wildman–Crippen MR) is 77.1 cm³/mol. The van der Waals surface area contributed by atoms with E-state index in [-0.39, 0.29) is 0 Å². The largest absolute Gasteiger partial charge is 0.606 e. The summed E-state index contributed by atoms with van der Waals surface area (Å²) in [4.78, 5) is 1.46. The highest BCUT2D eigenvalue weighted by molar-refractivity contribution is 7.91. The average Bonchev–Trinajstić information content (AvgIpc) is 2.35. The Labute approximate surface area is 120 Å². The molecule has 0 fully saturated rings. The van der Waals surface area contributed by atoms with Crippen LogP contribution >= 0.6 is 23.2 Å². The molecule has 4 heteroatoms. The highest BCUT2D eigenvalue weighted by atomic mass is 35.5. The Morgan fingerprint density at radius 3 is 1.61 bits per heavy atom. The second-order valence-electron chi connectivity index (χ2n) is 3.99. The zero-order valence-electron chi connectivity index (χ0n) is 10.0. The van der Waals surface area contributed by atoms with Gasteiger partial charge in [-0.05, 0) is 38.1 Å². The van der Waals surface area contributed by atoms with Gasteiger partial charge in [0.15, 0.2) is 9.79 Å². The maximum atomic E-state index is 12.6. The zero-order chi connectivity index (χ0) is 13.3. The van der Waals surface area contributed by atoms with E-state index in [0.717, 1.165) is 20.9 Å². The maximum absolute atomic E-state index is 12.6. The lowest BCUT2D eigenvalue weighted by Crippen LogP contribution is -2.06. The molecule has 0 amide bonds. The van der Waals surface area contributed by atoms with Crippen molar-refractivity contribution in [3.63, 3.8) is 0 Å². The molecule has 2 aromatic carbocycles. The van der Waals surface area contributed by atoms with Crippen molar-refractivity contribution in [3.05, 3.63) is 57.6 Å². The number of benzene rings is 2. The number of halogens is 2. The molecule has 0 unspecified atom stereocenters. The highest BCUT2D eigenvalue weighted by Gasteiger charge is 2.21. The third-order valence-corrected chi connectivity index (χ3v) is 5.34. The van der Waals surface area contributed by atoms with Crippen LogP contribution in [0.4, 0.5) is 0 Å². The Morgan fingerprint density at radius 1 is 0.833 bits per heavy atom. The van der Waals surface area contributed by atoms with Crippen LogP contribution in [0, 0.1) is 13.8 Å². The van der Waals surface area contributed by atoms with Crippen molar-refractivity contribution in [2.45, 2.75) is 23.6 Å². The third kappa shape index (κ3) is 2.52. The van der Waals surface area contributed by atoms with E-state index < -0.39 is 11.2 Å². The van der Waals surface area contributed by atoms with E-state index in [4.69, 9.17) is 23.2 Å². The molecule has 0 aromatic heterocycles. The summed E-state index contributed by atoms with van der Waals surface area (Å²) in [6, 6.07) is 10.9. The van der Waals surface area contributed by atoms with Gasteiger partial charge in [0, 0.05) is 32.3 Å². The molecule has 0 spiro atoms. The average molecular weight is 299 g/mol. The van der Waals surface area contributed by atoms with E-state index in [1.165, 1.54) is 0 Å². The van der Waals surface area contributed by atoms with Gasteiger partial charge in [-0.15, -0.1) is 0 Å². The second-order valence-corrected chi connectivity index (χ2v) is 6.23. The predicted octanol–water partition coefficient (Wildman–Crippen LogP) is 4.78. The summed E-state index contributed by atoms with van der Waals surface area (Å²) in [5.74, 6) is 0. The minimum atomic E-state index is -1.26. The second kappa shape index (κ2) is 5.54. The summed E-state index contributed by atoms with van der Waals surface area (Å²) in [6.45, 7) is 3.74. The van der Waals surface area contributed by atoms with Gasteiger partial charge in [0.2, 0.25) is 0 Å². The fourth-order valence-corrected chi connectivity index (χ4v) is 3.57. The lowest BCUT2D eigenvalue weighted by Gasteiger charge is -2.15. The summed E-state index contributed by atoms with van der Waals surface area (Å²) < 4.78 is 12.6. The topological polar surface area (TPSA) is 23.1 Å². The van der Waals surface area contributed by atoms with E-state index in [2.05, 4.69) is 0 Å². The van der Waals surface area contributed by atoms with Crippen molar-refractivity contribution >= 4 is 34.4 Å². The molecular weight excluding hydrogens is 287 g/mol. The van der Waals surface area contributed by atoms with E-state index >= 15 is 0 Å². The van der Waals surface area contributed by atoms with Crippen LogP contribution in [0.2, 0.25) is 10.0 Å². The Bertz CT molecular complexity index is 533. The molecule has 0 radical (unpaired) electrons. The summed E-state index contributed by atoms with van der Waals surface area (Å²) in [5.41, 5.74) is 1.69. The summed E-state index contributed by atoms with van der Waals surface area (Å²) in [6.07, 6.45) is 0. The van der Waals surface area contributed by atoms with Crippen LogP contribution in [-0.4, -0.2) is 4.55 Å². The van der Waals surface area contributed by atoms with E-state index in [1.54, 1.807) is 12.1 Å². The van der Waals surface area contributed by atoms with Gasteiger partial charge in [0.1, 0.15) is 0 Å². The highest BCUT2D eigenvalue weighted by Crippen LogP contribution is 2.31. The molecule has 0 aliphatic heterocycles. The lowest BCUT2D eigenvalue weighted by molar-refractivity contribution is 0.594. The van der Waals surface area contributed by atoms with E-state index in [1.807, 2.05) is 38.1 Å². The zero-order valence-corrected chi connectivity index (χ0v) is 12.4. The normalized spacial score (nSPS) is 11.0. The summed E-state index contributed by atoms with van der Waals surface area (Å²) >= 11 is 10.9. The molecule has 0 aliphatic rings. The van der Waals surface area contributed by atoms with Crippen LogP contribution in [0.5, 0.6) is 0 Å². The first-order valence-corrected chi connectivity index (χ1v) is 7.35. The molecule has 1 nitrogen and oxygen atoms in total. The number of rotatable bonds is 2. The van der Waals surface area contributed by atoms with E-state index in [0.29, 0.717) is 10.0 Å². The molecule has 0 heterocycles. The molecular formula is C14H12Cl2OS. The van der Waals surface area contributed by atoms with Crippen LogP contribution in [-0.2, 0) is 11.2 Å². The first-order valence-electron chi connectivity index (χ1n) is 5.44. The SMILES string of the molecule is Cc1c(Cl)cccc1[S+]([O-])c1cccc(Cl)c1C. The van der Waals surface area contributed by atoms with Crippen molar-refractivity contribution < 1.29 is 4.55 Å². The van der Waals surface area contributed by atoms with Crippen molar-refractivity contribution in [2.75, 3.05) is 0 Å². The number of hydrogen-bond acceptors (Lipinski definition) is 1. The van der Waals surface area contributed by atoms with Gasteiger partial charge in [0.25, 0.3) is 0 Å². The maximum Gasteiger partial charge on any atom is 0.162 e. The molecule has 0 bridgehead atoms. The molecule has 0 saturated heterocycles. The smallest absolute Gasteiger partial charge is 0.162 e. The van der Waals surface area contributed by atoms with Gasteiger partial charge in [-0.1, -0.05) is 35.3 Å². The standard InChI is InChI=1S/C14H12Cl2OS/c1-9-11(15)5-3-7-13(9)18(17)14-8-4-6-12(16)10(14)2/h3-8H,1-2H3. The fourth-order valence-electron chi connectivity index (χ4n) is 1.70. The van der Waals surface area contributed by atoms with Gasteiger partial charge in [0.05, 0.1) is 0 Å². The Hall–Kier alpha value is -0.670. The lowest BCUT2D eigenvalue weighted by atomic mass is 10.2. The first kappa shape index (κ1) is 13.8. The molecule has 0 N–H and O–H groups in total. The molecule has 0 atom stereocenters. The Kier molecular flexibility index (Phi) is 4.23. The van der Waals surface area contributed by atoms with Crippen LogP contribution in [0.15, 0.2) is 46.2 Å². The van der Waals surface area contributed by atoms with Crippen LogP contribution in [0.25, 0.3) is 0 Å². The van der Waals surface area contributed by atoms with Crippen molar-refractivity contribution in [1.29, 1.82) is 0 Å². The summed E-state index contributed by atoms with van der Waals surface area (Å²) in [7, 11) is 0. The minimum Gasteiger partial charge on any atom is -0.606 e. The van der Waals surface area contributed by atoms with Crippen LogP contribution < -0.4 is 0 Å². The van der Waals surface area contributed by atoms with Gasteiger partial charge in [-0.3, -0.25) is 0 Å². The van der Waals surface area contributed by atoms with Crippen molar-refractivity contribution in [1.82, 2.24) is 0 Å². The molecule has 0 saturated carbocycles. The van der Waals surface area contributed by atoms with Gasteiger partial charge in [-0.2, -0.15) is 0 Å². The number of hydrogen-bond donors (Lipinski definition) is 0. The quantitative estimate of drug-likeness (QED) is 0.732. The van der Waals surface area contributed by atoms with Crippen LogP contribution in [0.1, 0.15) is 11.1 Å². The third-order valence-electron chi connectivity index (χ3n) is 2.84. The Morgan fingerprint density at radius 2 is 1.22 bits per heavy atom. The molecule has 2 aromatic rings. The molecule has 0 aliphatic carbocycles. The minimum absolute atomic E-state index is 0.625. The van der Waals surface area contributed by atoms with Crippen molar-refractivity contribution in [3.8, 4) is 0 Å². The molecule has 18 heavy (non-hydrogen) atoms. The first-order chi connectivity index (χ1) is 8.52. The monoisotopic (exact) mass is 298 g/mol. The van der Waals surface area contributed by atoms with Crippen molar-refractivity contribution in [2.24, 2.45) is 0 Å². The van der Waals surface area contributed by atoms with Gasteiger partial charge >= 0.3 is 0 Å². The van der Waals surface area contributed by atoms with Crippen LogP contribution in [0.3, 0.4) is 0 Å². The molecule has 94 valence electrons. The molecule has 2 rings (SSSR count). The van der Waals surface area contributed by atoms with Gasteiger partial charge in [-0.25, -0.2) is 0 Å². The Balaban J connectivity index is 2.51. The van der Waals surface area contributed by atoms with Gasteiger partial charge < -0.3 is 4.55 Å². The summed E-state index contributed by atoms with van der Waals surface area (Å²) in [5, 5.41) is 1.25. The van der Waals surface area contributed by atoms with E-state index in [9.17, 15) is 4.55 Å². The fraction of sp³-hybridized carbons (Fsp3) is 0.143.